The van der Waals surface area contributed by atoms with Crippen molar-refractivity contribution >= 4 is 16.8 Å². The molecule has 0 spiro atoms. The molecule has 112 valence electrons. The first-order chi connectivity index (χ1) is 11.4. The molecule has 1 aromatic heterocycles. The van der Waals surface area contributed by atoms with Gasteiger partial charge in [0, 0.05) is 17.1 Å². The molecule has 0 amide bonds. The monoisotopic (exact) mass is 299 g/mol. The van der Waals surface area contributed by atoms with Gasteiger partial charge in [0.25, 0.3) is 0 Å². The van der Waals surface area contributed by atoms with Crippen LogP contribution in [0.25, 0.3) is 16.8 Å². The Morgan fingerprint density at radius 3 is 2.70 bits per heavy atom. The predicted molar refractivity (Wildman–Crippen MR) is 92.6 cm³/mol. The molecule has 0 N–H and O–H groups in total. The van der Waals surface area contributed by atoms with E-state index in [9.17, 15) is 0 Å². The van der Waals surface area contributed by atoms with Crippen molar-refractivity contribution < 1.29 is 4.74 Å². The molecule has 0 saturated heterocycles. The fourth-order valence-electron chi connectivity index (χ4n) is 3.26. The van der Waals surface area contributed by atoms with E-state index >= 15 is 0 Å². The fraction of sp³-hybridized carbons (Fsp3) is 0.190. The normalized spacial score (nSPS) is 19.4. The SMILES string of the molecule is C1=CC(c2cc3ccccc3cn2)Oc2ccc(C3CC3)cc21. The molecule has 1 aliphatic carbocycles. The van der Waals surface area contributed by atoms with E-state index in [0.29, 0.717) is 0 Å². The van der Waals surface area contributed by atoms with Crippen molar-refractivity contribution in [1.82, 2.24) is 4.98 Å². The van der Waals surface area contributed by atoms with Crippen molar-refractivity contribution in [2.45, 2.75) is 24.9 Å². The molecule has 2 aliphatic rings. The average molecular weight is 299 g/mol. The minimum atomic E-state index is -0.112. The predicted octanol–water partition coefficient (Wildman–Crippen LogP) is 5.26. The van der Waals surface area contributed by atoms with Gasteiger partial charge in [0.2, 0.25) is 0 Å². The molecule has 3 aromatic rings. The van der Waals surface area contributed by atoms with Crippen LogP contribution in [0.1, 0.15) is 41.7 Å². The van der Waals surface area contributed by atoms with Crippen LogP contribution in [0.4, 0.5) is 0 Å². The first kappa shape index (κ1) is 12.9. The van der Waals surface area contributed by atoms with Gasteiger partial charge < -0.3 is 4.74 Å². The second-order valence-corrected chi connectivity index (χ2v) is 6.43. The molecule has 0 radical (unpaired) electrons. The Bertz CT molecular complexity index is 924. The largest absolute Gasteiger partial charge is 0.479 e. The Balaban J connectivity index is 1.48. The molecular weight excluding hydrogens is 282 g/mol. The van der Waals surface area contributed by atoms with E-state index in [-0.39, 0.29) is 6.10 Å². The van der Waals surface area contributed by atoms with E-state index in [1.54, 1.807) is 0 Å². The molecular formula is C21H17NO. The van der Waals surface area contributed by atoms with Crippen LogP contribution >= 0.6 is 0 Å². The number of fused-ring (bicyclic) bond motifs is 2. The first-order valence-corrected chi connectivity index (χ1v) is 8.20. The molecule has 0 bridgehead atoms. The number of nitrogens with zero attached hydrogens (tertiary/aromatic N) is 1. The smallest absolute Gasteiger partial charge is 0.159 e. The first-order valence-electron chi connectivity index (χ1n) is 8.20. The van der Waals surface area contributed by atoms with Crippen LogP contribution < -0.4 is 4.74 Å². The van der Waals surface area contributed by atoms with Crippen LogP contribution in [0.5, 0.6) is 5.75 Å². The van der Waals surface area contributed by atoms with Crippen molar-refractivity contribution in [2.24, 2.45) is 0 Å². The van der Waals surface area contributed by atoms with E-state index in [0.717, 1.165) is 22.7 Å². The number of pyridine rings is 1. The van der Waals surface area contributed by atoms with Gasteiger partial charge in [0.15, 0.2) is 6.10 Å². The lowest BCUT2D eigenvalue weighted by atomic mass is 10.0. The maximum atomic E-state index is 6.17. The number of ether oxygens (including phenoxy) is 1. The highest BCUT2D eigenvalue weighted by Gasteiger charge is 2.25. The lowest BCUT2D eigenvalue weighted by molar-refractivity contribution is 0.247. The second-order valence-electron chi connectivity index (χ2n) is 6.43. The van der Waals surface area contributed by atoms with Crippen molar-refractivity contribution in [3.05, 3.63) is 77.6 Å². The third-order valence-electron chi connectivity index (χ3n) is 4.73. The summed E-state index contributed by atoms with van der Waals surface area (Å²) < 4.78 is 6.17. The van der Waals surface area contributed by atoms with E-state index in [1.807, 2.05) is 12.3 Å². The van der Waals surface area contributed by atoms with Crippen LogP contribution in [-0.2, 0) is 0 Å². The maximum absolute atomic E-state index is 6.17. The van der Waals surface area contributed by atoms with Gasteiger partial charge in [-0.15, -0.1) is 0 Å². The molecule has 2 heterocycles. The van der Waals surface area contributed by atoms with Gasteiger partial charge in [-0.05, 0) is 54.0 Å². The highest BCUT2D eigenvalue weighted by atomic mass is 16.5. The number of hydrogen-bond acceptors (Lipinski definition) is 2. The van der Waals surface area contributed by atoms with Gasteiger partial charge >= 0.3 is 0 Å². The lowest BCUT2D eigenvalue weighted by Crippen LogP contribution is -2.10. The molecule has 1 fully saturated rings. The van der Waals surface area contributed by atoms with Crippen molar-refractivity contribution in [2.75, 3.05) is 0 Å². The van der Waals surface area contributed by atoms with Crippen LogP contribution in [0.2, 0.25) is 0 Å². The van der Waals surface area contributed by atoms with Gasteiger partial charge in [0.1, 0.15) is 5.75 Å². The number of rotatable bonds is 2. The Kier molecular flexibility index (Phi) is 2.77. The molecule has 1 atom stereocenters. The van der Waals surface area contributed by atoms with Gasteiger partial charge in [-0.25, -0.2) is 0 Å². The maximum Gasteiger partial charge on any atom is 0.159 e. The fourth-order valence-corrected chi connectivity index (χ4v) is 3.26. The summed E-state index contributed by atoms with van der Waals surface area (Å²) in [6, 6.07) is 17.0. The number of hydrogen-bond donors (Lipinski definition) is 0. The third kappa shape index (κ3) is 2.31. The van der Waals surface area contributed by atoms with Gasteiger partial charge in [-0.3, -0.25) is 4.98 Å². The minimum absolute atomic E-state index is 0.112. The molecule has 1 aliphatic heterocycles. The van der Waals surface area contributed by atoms with Crippen LogP contribution in [0.15, 0.2) is 60.8 Å². The summed E-state index contributed by atoms with van der Waals surface area (Å²) in [5.74, 6) is 1.73. The summed E-state index contributed by atoms with van der Waals surface area (Å²) in [6.07, 6.45) is 8.74. The topological polar surface area (TPSA) is 22.1 Å². The van der Waals surface area contributed by atoms with E-state index in [1.165, 1.54) is 29.4 Å². The molecule has 2 aromatic carbocycles. The summed E-state index contributed by atoms with van der Waals surface area (Å²) in [4.78, 5) is 4.58. The molecule has 2 nitrogen and oxygen atoms in total. The van der Waals surface area contributed by atoms with E-state index in [2.05, 4.69) is 59.6 Å². The van der Waals surface area contributed by atoms with Gasteiger partial charge in [-0.2, -0.15) is 0 Å². The summed E-state index contributed by atoms with van der Waals surface area (Å²) in [5, 5.41) is 2.36. The molecule has 1 saturated carbocycles. The molecule has 5 rings (SSSR count). The van der Waals surface area contributed by atoms with Crippen LogP contribution in [-0.4, -0.2) is 4.98 Å². The summed E-state index contributed by atoms with van der Waals surface area (Å²) in [5.41, 5.74) is 3.59. The highest BCUT2D eigenvalue weighted by Crippen LogP contribution is 2.42. The minimum Gasteiger partial charge on any atom is -0.479 e. The zero-order valence-electron chi connectivity index (χ0n) is 12.8. The van der Waals surface area contributed by atoms with Crippen molar-refractivity contribution in [3.8, 4) is 5.75 Å². The van der Waals surface area contributed by atoms with E-state index in [4.69, 9.17) is 4.74 Å². The highest BCUT2D eigenvalue weighted by molar-refractivity contribution is 5.82. The second kappa shape index (κ2) is 4.95. The van der Waals surface area contributed by atoms with E-state index < -0.39 is 0 Å². The van der Waals surface area contributed by atoms with Gasteiger partial charge in [-0.1, -0.05) is 36.4 Å². The number of benzene rings is 2. The Morgan fingerprint density at radius 1 is 0.957 bits per heavy atom. The zero-order chi connectivity index (χ0) is 15.2. The van der Waals surface area contributed by atoms with Crippen molar-refractivity contribution in [3.63, 3.8) is 0 Å². The van der Waals surface area contributed by atoms with Crippen molar-refractivity contribution in [1.29, 1.82) is 0 Å². The standard InChI is InChI=1S/C21H17NO/c1-2-4-18-13-22-19(12-15(18)3-1)21-10-8-17-11-16(14-5-6-14)7-9-20(17)23-21/h1-4,7-14,21H,5-6H2. The Labute approximate surface area is 135 Å². The molecule has 1 unspecified atom stereocenters. The number of aromatic nitrogens is 1. The third-order valence-corrected chi connectivity index (χ3v) is 4.73. The summed E-state index contributed by atoms with van der Waals surface area (Å²) in [7, 11) is 0. The molecule has 2 heteroatoms. The average Bonchev–Trinajstić information content (AvgIpc) is 3.45. The lowest BCUT2D eigenvalue weighted by Gasteiger charge is -2.22. The van der Waals surface area contributed by atoms with Crippen LogP contribution in [0, 0.1) is 0 Å². The molecule has 23 heavy (non-hydrogen) atoms. The Morgan fingerprint density at radius 2 is 1.83 bits per heavy atom. The van der Waals surface area contributed by atoms with Crippen LogP contribution in [0.3, 0.4) is 0 Å². The zero-order valence-corrected chi connectivity index (χ0v) is 12.8. The Hall–Kier alpha value is -2.61. The quantitative estimate of drug-likeness (QED) is 0.644. The van der Waals surface area contributed by atoms with Gasteiger partial charge in [0.05, 0.1) is 5.69 Å². The summed E-state index contributed by atoms with van der Waals surface area (Å²) >= 11 is 0. The summed E-state index contributed by atoms with van der Waals surface area (Å²) in [6.45, 7) is 0.